The zero-order valence-electron chi connectivity index (χ0n) is 23.6. The van der Waals surface area contributed by atoms with Gasteiger partial charge in [0.15, 0.2) is 0 Å². The largest absolute Gasteiger partial charge is 0.497 e. The van der Waals surface area contributed by atoms with Crippen LogP contribution < -0.4 is 24.8 Å². The fourth-order valence-electron chi connectivity index (χ4n) is 4.32. The third-order valence-electron chi connectivity index (χ3n) is 6.31. The summed E-state index contributed by atoms with van der Waals surface area (Å²) in [5.74, 6) is 0.974. The number of urea groups is 1. The second-order valence-corrected chi connectivity index (χ2v) is 9.35. The Morgan fingerprint density at radius 2 is 1.70 bits per heavy atom. The molecule has 0 saturated heterocycles. The summed E-state index contributed by atoms with van der Waals surface area (Å²) in [5, 5.41) is 10.6. The molecule has 0 fully saturated rings. The zero-order chi connectivity index (χ0) is 28.8. The van der Waals surface area contributed by atoms with E-state index in [0.29, 0.717) is 40.6 Å². The predicted octanol–water partition coefficient (Wildman–Crippen LogP) is 6.30. The lowest BCUT2D eigenvalue weighted by Gasteiger charge is -2.13. The van der Waals surface area contributed by atoms with Crippen molar-refractivity contribution in [3.63, 3.8) is 0 Å². The van der Waals surface area contributed by atoms with Gasteiger partial charge < -0.3 is 24.8 Å². The molecule has 1 aromatic heterocycles. The highest BCUT2D eigenvalue weighted by Crippen LogP contribution is 2.45. The lowest BCUT2D eigenvalue weighted by Crippen LogP contribution is -2.29. The molecule has 0 radical (unpaired) electrons. The van der Waals surface area contributed by atoms with Gasteiger partial charge in [0, 0.05) is 30.8 Å². The van der Waals surface area contributed by atoms with Crippen LogP contribution in [0.1, 0.15) is 31.4 Å². The Morgan fingerprint density at radius 3 is 2.35 bits per heavy atom. The number of hydrogen-bond acceptors (Lipinski definition) is 6. The van der Waals surface area contributed by atoms with Crippen molar-refractivity contribution in [3.8, 4) is 45.5 Å². The van der Waals surface area contributed by atoms with E-state index >= 15 is 0 Å². The summed E-state index contributed by atoms with van der Waals surface area (Å²) in [7, 11) is 3.17. The summed E-state index contributed by atoms with van der Waals surface area (Å²) in [4.78, 5) is 24.6. The number of nitrogens with one attached hydrogen (secondary N) is 2. The van der Waals surface area contributed by atoms with E-state index in [0.717, 1.165) is 28.8 Å². The second kappa shape index (κ2) is 12.4. The average molecular weight is 543 g/mol. The number of esters is 1. The number of carbonyl (C=O) groups is 2. The van der Waals surface area contributed by atoms with Crippen LogP contribution in [-0.2, 0) is 4.79 Å². The van der Waals surface area contributed by atoms with Crippen LogP contribution in [0.15, 0.2) is 60.7 Å². The Bertz CT molecular complexity index is 1530. The van der Waals surface area contributed by atoms with Crippen molar-refractivity contribution in [2.45, 2.75) is 34.1 Å². The van der Waals surface area contributed by atoms with Gasteiger partial charge in [-0.2, -0.15) is 9.78 Å². The van der Waals surface area contributed by atoms with Crippen LogP contribution in [0, 0.1) is 13.8 Å². The van der Waals surface area contributed by atoms with Crippen LogP contribution in [-0.4, -0.2) is 42.5 Å². The maximum absolute atomic E-state index is 12.4. The van der Waals surface area contributed by atoms with Gasteiger partial charge in [0.25, 0.3) is 0 Å². The van der Waals surface area contributed by atoms with E-state index in [9.17, 15) is 9.59 Å². The first-order valence-electron chi connectivity index (χ1n) is 13.0. The Labute approximate surface area is 234 Å². The number of hydrogen-bond donors (Lipinski definition) is 2. The summed E-state index contributed by atoms with van der Waals surface area (Å²) in [5.41, 5.74) is 5.97. The van der Waals surface area contributed by atoms with E-state index in [1.807, 2.05) is 63.2 Å². The van der Waals surface area contributed by atoms with E-state index in [1.165, 1.54) is 6.92 Å². The second-order valence-electron chi connectivity index (χ2n) is 9.35. The number of aromatic nitrogens is 2. The molecule has 2 amide bonds. The van der Waals surface area contributed by atoms with Crippen molar-refractivity contribution in [2.75, 3.05) is 26.1 Å². The minimum Gasteiger partial charge on any atom is -0.497 e. The normalized spacial score (nSPS) is 10.7. The Morgan fingerprint density at radius 1 is 0.950 bits per heavy atom. The molecular formula is C31H34N4O5. The number of carbonyl (C=O) groups excluding carboxylic acids is 2. The van der Waals surface area contributed by atoms with Crippen molar-refractivity contribution in [1.29, 1.82) is 0 Å². The summed E-state index contributed by atoms with van der Waals surface area (Å²) in [6.07, 6.45) is 0.841. The smallest absolute Gasteiger partial charge is 0.319 e. The van der Waals surface area contributed by atoms with Gasteiger partial charge in [0.1, 0.15) is 17.2 Å². The zero-order valence-corrected chi connectivity index (χ0v) is 23.6. The number of nitrogens with zero attached hydrogens (tertiary/aromatic N) is 2. The molecular weight excluding hydrogens is 508 g/mol. The summed E-state index contributed by atoms with van der Waals surface area (Å²) in [6.45, 7) is 7.91. The Kier molecular flexibility index (Phi) is 8.73. The minimum atomic E-state index is -0.480. The fraction of sp³-hybridized carbons (Fsp3) is 0.258. The molecule has 0 unspecified atom stereocenters. The van der Waals surface area contributed by atoms with Crippen LogP contribution >= 0.6 is 0 Å². The number of benzene rings is 3. The number of methoxy groups -OCH3 is 2. The number of amides is 2. The van der Waals surface area contributed by atoms with Crippen molar-refractivity contribution < 1.29 is 23.8 Å². The summed E-state index contributed by atoms with van der Waals surface area (Å²) >= 11 is 0. The van der Waals surface area contributed by atoms with E-state index in [2.05, 4.69) is 10.6 Å². The van der Waals surface area contributed by atoms with Crippen molar-refractivity contribution >= 4 is 17.7 Å². The molecule has 0 bridgehead atoms. The topological polar surface area (TPSA) is 104 Å². The standard InChI is InChI=1S/C31H34N4O5/c1-7-16-32-31(37)33-23-12-10-22(11-13-23)28-29(25-15-14-24(38-5)18-27(25)39-6)34-35(30(28)40-21(4)36)26-17-19(2)8-9-20(26)3/h8-15,17-18H,7,16H2,1-6H3,(H2,32,33,37). The quantitative estimate of drug-likeness (QED) is 0.241. The minimum absolute atomic E-state index is 0.274. The monoisotopic (exact) mass is 542 g/mol. The Balaban J connectivity index is 1.95. The van der Waals surface area contributed by atoms with Gasteiger partial charge in [0.2, 0.25) is 5.88 Å². The van der Waals surface area contributed by atoms with Gasteiger partial charge in [-0.25, -0.2) is 4.79 Å². The molecule has 1 heterocycles. The third kappa shape index (κ3) is 6.09. The van der Waals surface area contributed by atoms with Crippen LogP contribution in [0.5, 0.6) is 17.4 Å². The summed E-state index contributed by atoms with van der Waals surface area (Å²) in [6, 6.07) is 18.5. The van der Waals surface area contributed by atoms with Crippen LogP contribution in [0.3, 0.4) is 0 Å². The van der Waals surface area contributed by atoms with Gasteiger partial charge in [-0.1, -0.05) is 31.2 Å². The highest BCUT2D eigenvalue weighted by Gasteiger charge is 2.27. The van der Waals surface area contributed by atoms with E-state index < -0.39 is 5.97 Å². The molecule has 0 aliphatic rings. The van der Waals surface area contributed by atoms with Gasteiger partial charge in [0.05, 0.1) is 25.5 Å². The highest BCUT2D eigenvalue weighted by molar-refractivity contribution is 5.92. The van der Waals surface area contributed by atoms with E-state index in [4.69, 9.17) is 19.3 Å². The highest BCUT2D eigenvalue weighted by atomic mass is 16.5. The maximum atomic E-state index is 12.4. The van der Waals surface area contributed by atoms with Crippen molar-refractivity contribution in [2.24, 2.45) is 0 Å². The number of rotatable bonds is 9. The molecule has 3 aromatic carbocycles. The first kappa shape index (κ1) is 28.2. The lowest BCUT2D eigenvalue weighted by molar-refractivity contribution is -0.132. The van der Waals surface area contributed by atoms with Crippen LogP contribution in [0.2, 0.25) is 0 Å². The first-order valence-corrected chi connectivity index (χ1v) is 13.0. The molecule has 4 aromatic rings. The molecule has 9 nitrogen and oxygen atoms in total. The van der Waals surface area contributed by atoms with Crippen molar-refractivity contribution in [1.82, 2.24) is 15.1 Å². The predicted molar refractivity (Wildman–Crippen MR) is 156 cm³/mol. The molecule has 208 valence electrons. The maximum Gasteiger partial charge on any atom is 0.319 e. The van der Waals surface area contributed by atoms with Gasteiger partial charge in [-0.15, -0.1) is 0 Å². The third-order valence-corrected chi connectivity index (χ3v) is 6.31. The molecule has 0 aliphatic heterocycles. The number of ether oxygens (including phenoxy) is 3. The molecule has 0 atom stereocenters. The lowest BCUT2D eigenvalue weighted by atomic mass is 10.00. The van der Waals surface area contributed by atoms with Crippen LogP contribution in [0.4, 0.5) is 10.5 Å². The number of anilines is 1. The average Bonchev–Trinajstić information content (AvgIpc) is 3.30. The first-order chi connectivity index (χ1) is 19.2. The fourth-order valence-corrected chi connectivity index (χ4v) is 4.32. The molecule has 0 spiro atoms. The summed E-state index contributed by atoms with van der Waals surface area (Å²) < 4.78 is 18.6. The number of aryl methyl sites for hydroxylation is 2. The van der Waals surface area contributed by atoms with Gasteiger partial charge in [-0.3, -0.25) is 4.79 Å². The van der Waals surface area contributed by atoms with Crippen molar-refractivity contribution in [3.05, 3.63) is 71.8 Å². The Hall–Kier alpha value is -4.79. The van der Waals surface area contributed by atoms with Gasteiger partial charge in [-0.05, 0) is 67.3 Å². The van der Waals surface area contributed by atoms with Crippen LogP contribution in [0.25, 0.3) is 28.1 Å². The van der Waals surface area contributed by atoms with E-state index in [-0.39, 0.29) is 11.9 Å². The SMILES string of the molecule is CCCNC(=O)Nc1ccc(-c2c(-c3ccc(OC)cc3OC)nn(-c3cc(C)ccc3C)c2OC(C)=O)cc1. The molecule has 40 heavy (non-hydrogen) atoms. The molecule has 0 aliphatic carbocycles. The molecule has 9 heteroatoms. The molecule has 2 N–H and O–H groups in total. The van der Waals surface area contributed by atoms with E-state index in [1.54, 1.807) is 37.1 Å². The van der Waals surface area contributed by atoms with Gasteiger partial charge >= 0.3 is 12.0 Å². The molecule has 0 saturated carbocycles. The molecule has 4 rings (SSSR count).